The Morgan fingerprint density at radius 1 is 1.29 bits per heavy atom. The first-order valence-electron chi connectivity index (χ1n) is 6.28. The van der Waals surface area contributed by atoms with E-state index in [2.05, 4.69) is 10.3 Å². The van der Waals surface area contributed by atoms with Gasteiger partial charge in [-0.15, -0.1) is 11.8 Å². The Morgan fingerprint density at radius 3 is 2.90 bits per heavy atom. The molecule has 106 valence electrons. The molecule has 0 unspecified atom stereocenters. The van der Waals surface area contributed by atoms with Crippen LogP contribution in [-0.4, -0.2) is 17.1 Å². The third-order valence-corrected chi connectivity index (χ3v) is 4.71. The Hall–Kier alpha value is -2.05. The largest absolute Gasteiger partial charge is 0.399 e. The van der Waals surface area contributed by atoms with Gasteiger partial charge in [-0.1, -0.05) is 23.5 Å². The van der Waals surface area contributed by atoms with Crippen LogP contribution in [0.15, 0.2) is 47.4 Å². The standard InChI is InChI=1S/C15H13N3OS2/c1-20-12-5-3-2-4-10(12)14(19)18-15-17-11-7-6-9(16)8-13(11)21-15/h2-8H,16H2,1H3,(H,17,18,19). The predicted octanol–water partition coefficient (Wildman–Crippen LogP) is 3.85. The number of nitrogen functional groups attached to an aromatic ring is 1. The van der Waals surface area contributed by atoms with Gasteiger partial charge in [0.2, 0.25) is 0 Å². The highest BCUT2D eigenvalue weighted by molar-refractivity contribution is 7.98. The fourth-order valence-corrected chi connectivity index (χ4v) is 3.50. The summed E-state index contributed by atoms with van der Waals surface area (Å²) in [6.07, 6.45) is 1.95. The lowest BCUT2D eigenvalue weighted by Crippen LogP contribution is -2.12. The molecule has 3 N–H and O–H groups in total. The van der Waals surface area contributed by atoms with Crippen LogP contribution in [0.3, 0.4) is 0 Å². The number of nitrogens with two attached hydrogens (primary N) is 1. The maximum absolute atomic E-state index is 12.4. The number of hydrogen-bond acceptors (Lipinski definition) is 5. The lowest BCUT2D eigenvalue weighted by molar-refractivity contribution is 0.102. The molecule has 0 aliphatic carbocycles. The predicted molar refractivity (Wildman–Crippen MR) is 90.2 cm³/mol. The third kappa shape index (κ3) is 2.86. The molecule has 1 heterocycles. The summed E-state index contributed by atoms with van der Waals surface area (Å²) in [5.41, 5.74) is 7.94. The van der Waals surface area contributed by atoms with Crippen molar-refractivity contribution < 1.29 is 4.79 Å². The van der Waals surface area contributed by atoms with E-state index in [0.29, 0.717) is 16.4 Å². The van der Waals surface area contributed by atoms with Crippen molar-refractivity contribution >= 4 is 50.0 Å². The molecule has 1 amide bonds. The number of aromatic nitrogens is 1. The first-order chi connectivity index (χ1) is 10.2. The summed E-state index contributed by atoms with van der Waals surface area (Å²) >= 11 is 2.96. The summed E-state index contributed by atoms with van der Waals surface area (Å²) in [4.78, 5) is 17.7. The highest BCUT2D eigenvalue weighted by Gasteiger charge is 2.13. The number of nitrogens with zero attached hydrogens (tertiary/aromatic N) is 1. The van der Waals surface area contributed by atoms with E-state index in [9.17, 15) is 4.79 Å². The van der Waals surface area contributed by atoms with E-state index in [0.717, 1.165) is 15.1 Å². The first kappa shape index (κ1) is 13.9. The third-order valence-electron chi connectivity index (χ3n) is 2.98. The molecule has 0 aliphatic heterocycles. The maximum atomic E-state index is 12.4. The number of rotatable bonds is 3. The summed E-state index contributed by atoms with van der Waals surface area (Å²) in [7, 11) is 0. The molecule has 21 heavy (non-hydrogen) atoms. The summed E-state index contributed by atoms with van der Waals surface area (Å²) in [6, 6.07) is 13.0. The summed E-state index contributed by atoms with van der Waals surface area (Å²) in [5.74, 6) is -0.146. The molecule has 0 spiro atoms. The molecule has 4 nitrogen and oxygen atoms in total. The van der Waals surface area contributed by atoms with Gasteiger partial charge in [0, 0.05) is 10.6 Å². The average molecular weight is 315 g/mol. The fraction of sp³-hybridized carbons (Fsp3) is 0.0667. The average Bonchev–Trinajstić information content (AvgIpc) is 2.88. The van der Waals surface area contributed by atoms with Crippen LogP contribution in [0.25, 0.3) is 10.2 Å². The van der Waals surface area contributed by atoms with Crippen molar-refractivity contribution in [1.29, 1.82) is 0 Å². The van der Waals surface area contributed by atoms with Crippen LogP contribution in [-0.2, 0) is 0 Å². The van der Waals surface area contributed by atoms with Crippen molar-refractivity contribution in [3.8, 4) is 0 Å². The van der Waals surface area contributed by atoms with Gasteiger partial charge in [0.15, 0.2) is 5.13 Å². The zero-order chi connectivity index (χ0) is 14.8. The number of fused-ring (bicyclic) bond motifs is 1. The summed E-state index contributed by atoms with van der Waals surface area (Å²) < 4.78 is 0.962. The molecule has 0 bridgehead atoms. The Kier molecular flexibility index (Phi) is 3.81. The second kappa shape index (κ2) is 5.75. The second-order valence-electron chi connectivity index (χ2n) is 4.40. The summed E-state index contributed by atoms with van der Waals surface area (Å²) in [5, 5.41) is 3.44. The first-order valence-corrected chi connectivity index (χ1v) is 8.32. The molecule has 0 atom stereocenters. The smallest absolute Gasteiger partial charge is 0.258 e. The van der Waals surface area contributed by atoms with E-state index in [1.807, 2.05) is 42.7 Å². The van der Waals surface area contributed by atoms with Crippen molar-refractivity contribution in [2.75, 3.05) is 17.3 Å². The Balaban J connectivity index is 1.89. The van der Waals surface area contributed by atoms with Gasteiger partial charge in [-0.25, -0.2) is 4.98 Å². The molecule has 6 heteroatoms. The number of benzene rings is 2. The van der Waals surface area contributed by atoms with E-state index in [1.165, 1.54) is 11.3 Å². The molecule has 0 fully saturated rings. The fourth-order valence-electron chi connectivity index (χ4n) is 1.99. The summed E-state index contributed by atoms with van der Waals surface area (Å²) in [6.45, 7) is 0. The molecule has 2 aromatic carbocycles. The van der Waals surface area contributed by atoms with Gasteiger partial charge in [0.05, 0.1) is 15.8 Å². The molecule has 0 saturated carbocycles. The SMILES string of the molecule is CSc1ccccc1C(=O)Nc1nc2ccc(N)cc2s1. The van der Waals surface area contributed by atoms with Crippen molar-refractivity contribution in [1.82, 2.24) is 4.98 Å². The van der Waals surface area contributed by atoms with Crippen LogP contribution in [0.1, 0.15) is 10.4 Å². The molecule has 0 radical (unpaired) electrons. The number of thioether (sulfide) groups is 1. The normalized spacial score (nSPS) is 10.7. The van der Waals surface area contributed by atoms with Crippen LogP contribution in [0.5, 0.6) is 0 Å². The Bertz CT molecular complexity index is 814. The van der Waals surface area contributed by atoms with Gasteiger partial charge in [-0.2, -0.15) is 0 Å². The van der Waals surface area contributed by atoms with E-state index >= 15 is 0 Å². The minimum absolute atomic E-state index is 0.146. The van der Waals surface area contributed by atoms with E-state index in [4.69, 9.17) is 5.73 Å². The molecule has 3 aromatic rings. The van der Waals surface area contributed by atoms with Crippen molar-refractivity contribution in [3.05, 3.63) is 48.0 Å². The quantitative estimate of drug-likeness (QED) is 0.569. The van der Waals surface area contributed by atoms with Crippen LogP contribution >= 0.6 is 23.1 Å². The van der Waals surface area contributed by atoms with Gasteiger partial charge < -0.3 is 5.73 Å². The maximum Gasteiger partial charge on any atom is 0.258 e. The highest BCUT2D eigenvalue weighted by atomic mass is 32.2. The van der Waals surface area contributed by atoms with Crippen LogP contribution in [0.2, 0.25) is 0 Å². The van der Waals surface area contributed by atoms with Gasteiger partial charge >= 0.3 is 0 Å². The lowest BCUT2D eigenvalue weighted by atomic mass is 10.2. The highest BCUT2D eigenvalue weighted by Crippen LogP contribution is 2.28. The van der Waals surface area contributed by atoms with Gasteiger partial charge in [0.25, 0.3) is 5.91 Å². The number of nitrogens with one attached hydrogen (secondary N) is 1. The molecular weight excluding hydrogens is 302 g/mol. The topological polar surface area (TPSA) is 68.0 Å². The van der Waals surface area contributed by atoms with Gasteiger partial charge in [-0.3, -0.25) is 10.1 Å². The molecule has 0 saturated heterocycles. The number of carbonyl (C=O) groups is 1. The molecule has 3 rings (SSSR count). The number of thiazole rings is 1. The van der Waals surface area contributed by atoms with E-state index < -0.39 is 0 Å². The second-order valence-corrected chi connectivity index (χ2v) is 6.28. The number of anilines is 2. The number of amides is 1. The van der Waals surface area contributed by atoms with Crippen LogP contribution < -0.4 is 11.1 Å². The Labute approximate surface area is 130 Å². The van der Waals surface area contributed by atoms with E-state index in [1.54, 1.807) is 17.8 Å². The minimum Gasteiger partial charge on any atom is -0.399 e. The monoisotopic (exact) mass is 315 g/mol. The minimum atomic E-state index is -0.146. The van der Waals surface area contributed by atoms with Crippen LogP contribution in [0, 0.1) is 0 Å². The molecule has 1 aromatic heterocycles. The zero-order valence-electron chi connectivity index (χ0n) is 11.3. The molecule has 0 aliphatic rings. The van der Waals surface area contributed by atoms with E-state index in [-0.39, 0.29) is 5.91 Å². The van der Waals surface area contributed by atoms with Crippen LogP contribution in [0.4, 0.5) is 10.8 Å². The van der Waals surface area contributed by atoms with Crippen molar-refractivity contribution in [3.63, 3.8) is 0 Å². The Morgan fingerprint density at radius 2 is 2.10 bits per heavy atom. The molecular formula is C15H13N3OS2. The van der Waals surface area contributed by atoms with Gasteiger partial charge in [-0.05, 0) is 36.6 Å². The number of hydrogen-bond donors (Lipinski definition) is 2. The lowest BCUT2D eigenvalue weighted by Gasteiger charge is -2.05. The van der Waals surface area contributed by atoms with Gasteiger partial charge in [0.1, 0.15) is 0 Å². The van der Waals surface area contributed by atoms with Crippen molar-refractivity contribution in [2.24, 2.45) is 0 Å². The zero-order valence-corrected chi connectivity index (χ0v) is 12.9. The number of carbonyl (C=O) groups excluding carboxylic acids is 1. The van der Waals surface area contributed by atoms with Crippen molar-refractivity contribution in [2.45, 2.75) is 4.90 Å².